The molecule has 6 heteroatoms. The van der Waals surface area contributed by atoms with Crippen LogP contribution in [0.1, 0.15) is 13.3 Å². The maximum Gasteiger partial charge on any atom is 0.227 e. The Kier molecular flexibility index (Phi) is 4.80. The molecule has 1 aromatic carbocycles. The molecule has 0 saturated carbocycles. The number of carbonyl (C=O) groups is 2. The van der Waals surface area contributed by atoms with Crippen LogP contribution in [0.2, 0.25) is 0 Å². The molecular weight excluding hydrogens is 270 g/mol. The van der Waals surface area contributed by atoms with Gasteiger partial charge in [-0.15, -0.1) is 0 Å². The van der Waals surface area contributed by atoms with E-state index in [4.69, 9.17) is 10.5 Å². The largest absolute Gasteiger partial charge is 0.495 e. The van der Waals surface area contributed by atoms with Gasteiger partial charge in [-0.1, -0.05) is 12.1 Å². The van der Waals surface area contributed by atoms with Crippen molar-refractivity contribution < 1.29 is 14.3 Å². The number of hydrogen-bond donors (Lipinski definition) is 2. The molecule has 1 fully saturated rings. The fourth-order valence-corrected chi connectivity index (χ4v) is 2.39. The highest BCUT2D eigenvalue weighted by atomic mass is 16.5. The van der Waals surface area contributed by atoms with Crippen molar-refractivity contribution in [3.8, 4) is 5.75 Å². The molecule has 0 radical (unpaired) electrons. The van der Waals surface area contributed by atoms with E-state index >= 15 is 0 Å². The van der Waals surface area contributed by atoms with Crippen molar-refractivity contribution >= 4 is 17.5 Å². The first-order valence-corrected chi connectivity index (χ1v) is 7.00. The fourth-order valence-electron chi connectivity index (χ4n) is 2.39. The van der Waals surface area contributed by atoms with Crippen LogP contribution in [0.5, 0.6) is 5.75 Å². The number of methoxy groups -OCH3 is 1. The van der Waals surface area contributed by atoms with Gasteiger partial charge in [0.1, 0.15) is 5.75 Å². The summed E-state index contributed by atoms with van der Waals surface area (Å²) < 4.78 is 5.27. The summed E-state index contributed by atoms with van der Waals surface area (Å²) >= 11 is 0. The SMILES string of the molecule is COc1ccccc1N1CC(C(=O)N[C@@H](C)CN)CC1=O. The smallest absolute Gasteiger partial charge is 0.227 e. The van der Waals surface area contributed by atoms with Crippen LogP contribution in [-0.4, -0.2) is 38.1 Å². The molecule has 2 atom stereocenters. The van der Waals surface area contributed by atoms with Gasteiger partial charge in [-0.2, -0.15) is 0 Å². The molecular formula is C15H21N3O3. The van der Waals surface area contributed by atoms with E-state index in [1.807, 2.05) is 25.1 Å². The summed E-state index contributed by atoms with van der Waals surface area (Å²) in [5.41, 5.74) is 6.20. The van der Waals surface area contributed by atoms with Crippen molar-refractivity contribution in [1.82, 2.24) is 5.32 Å². The van der Waals surface area contributed by atoms with E-state index in [0.29, 0.717) is 24.5 Å². The minimum atomic E-state index is -0.351. The van der Waals surface area contributed by atoms with E-state index in [1.54, 1.807) is 18.1 Å². The second-order valence-corrected chi connectivity index (χ2v) is 5.22. The van der Waals surface area contributed by atoms with Gasteiger partial charge in [-0.3, -0.25) is 9.59 Å². The average Bonchev–Trinajstić information content (AvgIpc) is 2.89. The third-order valence-corrected chi connectivity index (χ3v) is 3.61. The number of nitrogens with zero attached hydrogens (tertiary/aromatic N) is 1. The third-order valence-electron chi connectivity index (χ3n) is 3.61. The first-order valence-electron chi connectivity index (χ1n) is 7.00. The first-order chi connectivity index (χ1) is 10.1. The van der Waals surface area contributed by atoms with Gasteiger partial charge in [0, 0.05) is 25.6 Å². The Morgan fingerprint density at radius 1 is 1.52 bits per heavy atom. The molecule has 1 aliphatic rings. The van der Waals surface area contributed by atoms with E-state index in [-0.39, 0.29) is 30.2 Å². The molecule has 0 spiro atoms. The topological polar surface area (TPSA) is 84.7 Å². The molecule has 3 N–H and O–H groups in total. The van der Waals surface area contributed by atoms with Crippen LogP contribution in [0.3, 0.4) is 0 Å². The van der Waals surface area contributed by atoms with Gasteiger partial charge in [0.2, 0.25) is 11.8 Å². The fraction of sp³-hybridized carbons (Fsp3) is 0.467. The van der Waals surface area contributed by atoms with Crippen LogP contribution in [0.15, 0.2) is 24.3 Å². The first kappa shape index (κ1) is 15.3. The van der Waals surface area contributed by atoms with E-state index in [0.717, 1.165) is 0 Å². The maximum absolute atomic E-state index is 12.2. The lowest BCUT2D eigenvalue weighted by Gasteiger charge is -2.20. The van der Waals surface area contributed by atoms with Crippen molar-refractivity contribution in [2.75, 3.05) is 25.1 Å². The predicted molar refractivity (Wildman–Crippen MR) is 80.1 cm³/mol. The van der Waals surface area contributed by atoms with Gasteiger partial charge in [0.15, 0.2) is 0 Å². The van der Waals surface area contributed by atoms with Gasteiger partial charge >= 0.3 is 0 Å². The van der Waals surface area contributed by atoms with Crippen molar-refractivity contribution in [3.63, 3.8) is 0 Å². The van der Waals surface area contributed by atoms with E-state index in [9.17, 15) is 9.59 Å². The summed E-state index contributed by atoms with van der Waals surface area (Å²) in [5.74, 6) is 0.0809. The number of anilines is 1. The number of nitrogens with one attached hydrogen (secondary N) is 1. The molecule has 6 nitrogen and oxygen atoms in total. The Bertz CT molecular complexity index is 533. The number of rotatable bonds is 5. The molecule has 1 aromatic rings. The summed E-state index contributed by atoms with van der Waals surface area (Å²) in [6.07, 6.45) is 0.209. The highest BCUT2D eigenvalue weighted by molar-refractivity contribution is 6.01. The van der Waals surface area contributed by atoms with E-state index < -0.39 is 0 Å². The van der Waals surface area contributed by atoms with Crippen LogP contribution >= 0.6 is 0 Å². The molecule has 114 valence electrons. The van der Waals surface area contributed by atoms with Gasteiger partial charge < -0.3 is 20.7 Å². The molecule has 1 heterocycles. The lowest BCUT2D eigenvalue weighted by atomic mass is 10.1. The van der Waals surface area contributed by atoms with Crippen LogP contribution in [-0.2, 0) is 9.59 Å². The third kappa shape index (κ3) is 3.33. The lowest BCUT2D eigenvalue weighted by Crippen LogP contribution is -2.41. The minimum Gasteiger partial charge on any atom is -0.495 e. The molecule has 21 heavy (non-hydrogen) atoms. The monoisotopic (exact) mass is 291 g/mol. The Balaban J connectivity index is 2.11. The Morgan fingerprint density at radius 2 is 2.24 bits per heavy atom. The summed E-state index contributed by atoms with van der Waals surface area (Å²) in [6, 6.07) is 7.21. The molecule has 0 aromatic heterocycles. The Hall–Kier alpha value is -2.08. The number of hydrogen-bond acceptors (Lipinski definition) is 4. The van der Waals surface area contributed by atoms with Gasteiger partial charge in [-0.05, 0) is 19.1 Å². The number of carbonyl (C=O) groups excluding carboxylic acids is 2. The summed E-state index contributed by atoms with van der Waals surface area (Å²) in [4.78, 5) is 25.9. The van der Waals surface area contributed by atoms with Crippen LogP contribution in [0.4, 0.5) is 5.69 Å². The van der Waals surface area contributed by atoms with Crippen molar-refractivity contribution in [3.05, 3.63) is 24.3 Å². The van der Waals surface area contributed by atoms with E-state index in [2.05, 4.69) is 5.32 Å². The number of amides is 2. The number of benzene rings is 1. The second kappa shape index (κ2) is 6.58. The molecule has 1 aliphatic heterocycles. The van der Waals surface area contributed by atoms with Crippen molar-refractivity contribution in [2.24, 2.45) is 11.7 Å². The van der Waals surface area contributed by atoms with Crippen LogP contribution in [0, 0.1) is 5.92 Å². The molecule has 2 rings (SSSR count). The molecule has 0 aliphatic carbocycles. The predicted octanol–water partition coefficient (Wildman–Crippen LogP) is 0.511. The normalized spacial score (nSPS) is 19.5. The standard InChI is InChI=1S/C15H21N3O3/c1-10(8-16)17-15(20)11-7-14(19)18(9-11)12-5-3-4-6-13(12)21-2/h3-6,10-11H,7-9,16H2,1-2H3,(H,17,20)/t10-,11?/m0/s1. The average molecular weight is 291 g/mol. The summed E-state index contributed by atoms with van der Waals surface area (Å²) in [7, 11) is 1.56. The zero-order chi connectivity index (χ0) is 15.4. The zero-order valence-corrected chi connectivity index (χ0v) is 12.3. The Labute approximate surface area is 124 Å². The number of ether oxygens (including phenoxy) is 1. The Morgan fingerprint density at radius 3 is 2.90 bits per heavy atom. The van der Waals surface area contributed by atoms with Crippen LogP contribution < -0.4 is 20.7 Å². The van der Waals surface area contributed by atoms with Crippen LogP contribution in [0.25, 0.3) is 0 Å². The number of nitrogens with two attached hydrogens (primary N) is 1. The van der Waals surface area contributed by atoms with Gasteiger partial charge in [0.05, 0.1) is 18.7 Å². The summed E-state index contributed by atoms with van der Waals surface area (Å²) in [5, 5.41) is 2.82. The maximum atomic E-state index is 12.2. The van der Waals surface area contributed by atoms with Crippen molar-refractivity contribution in [2.45, 2.75) is 19.4 Å². The zero-order valence-electron chi connectivity index (χ0n) is 12.3. The quantitative estimate of drug-likeness (QED) is 0.828. The summed E-state index contributed by atoms with van der Waals surface area (Å²) in [6.45, 7) is 2.58. The highest BCUT2D eigenvalue weighted by Gasteiger charge is 2.36. The van der Waals surface area contributed by atoms with Gasteiger partial charge in [0.25, 0.3) is 0 Å². The second-order valence-electron chi connectivity index (χ2n) is 5.22. The molecule has 0 bridgehead atoms. The van der Waals surface area contributed by atoms with E-state index in [1.165, 1.54) is 0 Å². The molecule has 1 unspecified atom stereocenters. The number of para-hydroxylation sites is 2. The molecule has 1 saturated heterocycles. The highest BCUT2D eigenvalue weighted by Crippen LogP contribution is 2.32. The van der Waals surface area contributed by atoms with Crippen molar-refractivity contribution in [1.29, 1.82) is 0 Å². The molecule has 2 amide bonds. The minimum absolute atomic E-state index is 0.0694. The lowest BCUT2D eigenvalue weighted by molar-refractivity contribution is -0.126. The van der Waals surface area contributed by atoms with Gasteiger partial charge in [-0.25, -0.2) is 0 Å².